The molecular weight excluding hydrogens is 543 g/mol. The van der Waals surface area contributed by atoms with Gasteiger partial charge in [-0.2, -0.15) is 0 Å². The first-order chi connectivity index (χ1) is 20.9. The van der Waals surface area contributed by atoms with Crippen molar-refractivity contribution in [2.24, 2.45) is 0 Å². The first-order valence-electron chi connectivity index (χ1n) is 16.0. The van der Waals surface area contributed by atoms with Crippen LogP contribution in [0.5, 0.6) is 0 Å². The van der Waals surface area contributed by atoms with E-state index in [4.69, 9.17) is 4.74 Å². The van der Waals surface area contributed by atoms with Crippen molar-refractivity contribution in [1.82, 2.24) is 20.0 Å². The van der Waals surface area contributed by atoms with Gasteiger partial charge in [0.15, 0.2) is 0 Å². The zero-order valence-electron chi connectivity index (χ0n) is 25.3. The van der Waals surface area contributed by atoms with Crippen molar-refractivity contribution in [3.05, 3.63) is 71.3 Å². The Morgan fingerprint density at radius 2 is 1.56 bits per heavy atom. The van der Waals surface area contributed by atoms with Gasteiger partial charge >= 0.3 is 19.0 Å². The van der Waals surface area contributed by atoms with Crippen molar-refractivity contribution in [2.75, 3.05) is 13.1 Å². The van der Waals surface area contributed by atoms with Crippen molar-refractivity contribution >= 4 is 24.9 Å². The van der Waals surface area contributed by atoms with Gasteiger partial charge in [-0.05, 0) is 29.5 Å². The molecule has 2 aromatic rings. The summed E-state index contributed by atoms with van der Waals surface area (Å²) in [6, 6.07) is 16.8. The lowest BCUT2D eigenvalue weighted by molar-refractivity contribution is -0.125. The smallest absolute Gasteiger partial charge is 0.410 e. The Kier molecular flexibility index (Phi) is 10.6. The first kappa shape index (κ1) is 30.9. The van der Waals surface area contributed by atoms with Crippen molar-refractivity contribution in [3.8, 4) is 0 Å². The molecule has 10 heteroatoms. The predicted octanol–water partition coefficient (Wildman–Crippen LogP) is 4.98. The van der Waals surface area contributed by atoms with Gasteiger partial charge in [-0.15, -0.1) is 0 Å². The molecule has 0 unspecified atom stereocenters. The van der Waals surface area contributed by atoms with Gasteiger partial charge in [0.25, 0.3) is 0 Å². The molecule has 0 radical (unpaired) electrons. The zero-order valence-corrected chi connectivity index (χ0v) is 25.3. The molecule has 3 atom stereocenters. The van der Waals surface area contributed by atoms with E-state index in [1.54, 1.807) is 16.6 Å². The van der Waals surface area contributed by atoms with Gasteiger partial charge in [0.05, 0.1) is 6.54 Å². The number of ether oxygens (including phenoxy) is 1. The number of urea groups is 1. The molecule has 5 rings (SSSR count). The van der Waals surface area contributed by atoms with Gasteiger partial charge in [0.1, 0.15) is 12.1 Å². The molecule has 2 fully saturated rings. The number of fused-ring (bicyclic) bond motifs is 2. The van der Waals surface area contributed by atoms with Gasteiger partial charge in [-0.25, -0.2) is 9.59 Å². The fourth-order valence-electron chi connectivity index (χ4n) is 6.51. The summed E-state index contributed by atoms with van der Waals surface area (Å²) in [7, 11) is 0. The minimum Gasteiger partial charge on any atom is -0.449 e. The molecule has 230 valence electrons. The number of rotatable bonds is 4. The Balaban J connectivity index is 1.35. The topological polar surface area (TPSA) is 102 Å². The normalized spacial score (nSPS) is 23.9. The minimum atomic E-state index is -0.798. The Bertz CT molecular complexity index is 1220. The van der Waals surface area contributed by atoms with Crippen molar-refractivity contribution in [2.45, 2.75) is 102 Å². The van der Waals surface area contributed by atoms with Gasteiger partial charge < -0.3 is 24.9 Å². The average molecular weight is 589 g/mol. The highest BCUT2D eigenvalue weighted by Crippen LogP contribution is 2.28. The maximum atomic E-state index is 14.2. The maximum absolute atomic E-state index is 14.2. The van der Waals surface area contributed by atoms with E-state index in [0.29, 0.717) is 32.6 Å². The standard InChI is InChI=1S/C33H45BN4O5/c1-34(42)30-18-10-5-3-2-4-6-13-19-36(21-25-14-8-7-9-15-25)32(40)38-24-28(20-29(38)31(39)35-30)43-33(41)37-22-26-16-11-12-17-27(26)23-37/h7-9,11-12,14-17,28-30,42H,2-6,10,13,18-24H2,1H3,(H,35,39)/t28-,29+,30+/m1/s1. The highest BCUT2D eigenvalue weighted by Gasteiger charge is 2.44. The number of carbonyl (C=O) groups excluding carboxylic acids is 3. The van der Waals surface area contributed by atoms with Crippen LogP contribution in [0.15, 0.2) is 54.6 Å². The number of nitrogens with one attached hydrogen (secondary N) is 1. The third kappa shape index (κ3) is 8.10. The lowest BCUT2D eigenvalue weighted by Gasteiger charge is -2.32. The average Bonchev–Trinajstić information content (AvgIpc) is 3.63. The predicted molar refractivity (Wildman–Crippen MR) is 166 cm³/mol. The van der Waals surface area contributed by atoms with Crippen LogP contribution in [-0.4, -0.2) is 75.8 Å². The van der Waals surface area contributed by atoms with Gasteiger partial charge in [-0.3, -0.25) is 9.69 Å². The zero-order chi connectivity index (χ0) is 30.2. The number of nitrogens with zero attached hydrogens (tertiary/aromatic N) is 3. The second-order valence-electron chi connectivity index (χ2n) is 12.3. The summed E-state index contributed by atoms with van der Waals surface area (Å²) in [5, 5.41) is 13.5. The summed E-state index contributed by atoms with van der Waals surface area (Å²) >= 11 is 0. The summed E-state index contributed by atoms with van der Waals surface area (Å²) < 4.78 is 5.95. The first-order valence-corrected chi connectivity index (χ1v) is 16.0. The van der Waals surface area contributed by atoms with Gasteiger partial charge in [0, 0.05) is 38.5 Å². The van der Waals surface area contributed by atoms with E-state index in [9.17, 15) is 19.4 Å². The van der Waals surface area contributed by atoms with E-state index in [2.05, 4.69) is 5.32 Å². The van der Waals surface area contributed by atoms with E-state index in [0.717, 1.165) is 61.6 Å². The number of carbonyl (C=O) groups is 3. The fraction of sp³-hybridized carbons (Fsp3) is 0.545. The fourth-order valence-corrected chi connectivity index (χ4v) is 6.51. The van der Waals surface area contributed by atoms with Crippen LogP contribution in [-0.2, 0) is 29.2 Å². The molecule has 9 nitrogen and oxygen atoms in total. The molecule has 4 amide bonds. The molecule has 43 heavy (non-hydrogen) atoms. The van der Waals surface area contributed by atoms with E-state index in [-0.39, 0.29) is 24.9 Å². The second-order valence-corrected chi connectivity index (χ2v) is 12.3. The highest BCUT2D eigenvalue weighted by molar-refractivity contribution is 6.51. The third-order valence-electron chi connectivity index (χ3n) is 9.02. The Hall–Kier alpha value is -3.53. The summed E-state index contributed by atoms with van der Waals surface area (Å²) in [5.74, 6) is -0.708. The van der Waals surface area contributed by atoms with E-state index < -0.39 is 31.1 Å². The summed E-state index contributed by atoms with van der Waals surface area (Å²) in [6.45, 7) is 3.12. The summed E-state index contributed by atoms with van der Waals surface area (Å²) in [6.07, 6.45) is 7.15. The monoisotopic (exact) mass is 588 g/mol. The Morgan fingerprint density at radius 3 is 2.23 bits per heavy atom. The van der Waals surface area contributed by atoms with Crippen LogP contribution in [0, 0.1) is 0 Å². The van der Waals surface area contributed by atoms with Gasteiger partial charge in [-0.1, -0.05) is 99.9 Å². The Morgan fingerprint density at radius 1 is 0.930 bits per heavy atom. The van der Waals surface area contributed by atoms with E-state index in [1.165, 1.54) is 0 Å². The van der Waals surface area contributed by atoms with Crippen LogP contribution in [0.25, 0.3) is 0 Å². The molecule has 0 aliphatic carbocycles. The minimum absolute atomic E-state index is 0.147. The van der Waals surface area contributed by atoms with Crippen molar-refractivity contribution in [1.29, 1.82) is 0 Å². The molecular formula is C33H45BN4O5. The molecule has 0 saturated carbocycles. The van der Waals surface area contributed by atoms with Crippen LogP contribution < -0.4 is 5.32 Å². The number of amides is 4. The molecule has 3 heterocycles. The van der Waals surface area contributed by atoms with Crippen LogP contribution >= 0.6 is 0 Å². The van der Waals surface area contributed by atoms with E-state index >= 15 is 0 Å². The van der Waals surface area contributed by atoms with Crippen molar-refractivity contribution in [3.63, 3.8) is 0 Å². The molecule has 0 bridgehead atoms. The number of hydrogen-bond donors (Lipinski definition) is 2. The lowest BCUT2D eigenvalue weighted by Crippen LogP contribution is -2.54. The van der Waals surface area contributed by atoms with Crippen molar-refractivity contribution < 1.29 is 24.1 Å². The highest BCUT2D eigenvalue weighted by atomic mass is 16.6. The van der Waals surface area contributed by atoms with Crippen LogP contribution in [0.3, 0.4) is 0 Å². The molecule has 2 saturated heterocycles. The SMILES string of the molecule is CB(O)[C@@H]1CCCCCCCCCN(Cc2ccccc2)C(=O)N2C[C@H](OC(=O)N3Cc4ccccc4C3)C[C@H]2C(=O)N1. The molecule has 0 aromatic heterocycles. The third-order valence-corrected chi connectivity index (χ3v) is 9.02. The molecule has 3 aliphatic heterocycles. The van der Waals surface area contributed by atoms with E-state index in [1.807, 2.05) is 59.5 Å². The summed E-state index contributed by atoms with van der Waals surface area (Å²) in [5.41, 5.74) is 3.23. The van der Waals surface area contributed by atoms with Gasteiger partial charge in [0.2, 0.25) is 5.91 Å². The molecule has 0 spiro atoms. The largest absolute Gasteiger partial charge is 0.449 e. The number of hydrogen-bond acceptors (Lipinski definition) is 5. The lowest BCUT2D eigenvalue weighted by atomic mass is 9.61. The molecule has 2 N–H and O–H groups in total. The second kappa shape index (κ2) is 14.8. The number of benzene rings is 2. The summed E-state index contributed by atoms with van der Waals surface area (Å²) in [4.78, 5) is 46.3. The van der Waals surface area contributed by atoms with Crippen LogP contribution in [0.1, 0.15) is 74.5 Å². The molecule has 2 aromatic carbocycles. The van der Waals surface area contributed by atoms with Crippen LogP contribution in [0.2, 0.25) is 6.82 Å². The Labute approximate surface area is 255 Å². The van der Waals surface area contributed by atoms with Crippen LogP contribution in [0.4, 0.5) is 9.59 Å². The maximum Gasteiger partial charge on any atom is 0.410 e. The molecule has 3 aliphatic rings. The quantitative estimate of drug-likeness (QED) is 0.491.